The Hall–Kier alpha value is -3.06. The number of carbonyl (C=O) groups is 3. The first kappa shape index (κ1) is 23.1. The zero-order valence-electron chi connectivity index (χ0n) is 19.0. The van der Waals surface area contributed by atoms with Crippen molar-refractivity contribution in [3.05, 3.63) is 53.1 Å². The molecule has 8 heteroatoms. The van der Waals surface area contributed by atoms with Crippen LogP contribution in [0.1, 0.15) is 43.5 Å². The van der Waals surface area contributed by atoms with Crippen molar-refractivity contribution in [2.24, 2.45) is 0 Å². The van der Waals surface area contributed by atoms with E-state index in [1.54, 1.807) is 35.2 Å². The van der Waals surface area contributed by atoms with E-state index in [1.165, 1.54) is 4.90 Å². The molecule has 4 rings (SSSR count). The highest BCUT2D eigenvalue weighted by atomic mass is 35.5. The molecule has 0 bridgehead atoms. The van der Waals surface area contributed by atoms with E-state index in [-0.39, 0.29) is 30.3 Å². The van der Waals surface area contributed by atoms with Crippen molar-refractivity contribution in [1.82, 2.24) is 4.90 Å². The van der Waals surface area contributed by atoms with Crippen LogP contribution in [-0.2, 0) is 9.59 Å². The van der Waals surface area contributed by atoms with Crippen LogP contribution in [0.5, 0.6) is 0 Å². The molecule has 2 heterocycles. The van der Waals surface area contributed by atoms with Gasteiger partial charge in [-0.3, -0.25) is 19.3 Å². The van der Waals surface area contributed by atoms with Gasteiger partial charge in [0, 0.05) is 35.9 Å². The molecular formula is C25H29ClN4O3. The fourth-order valence-corrected chi connectivity index (χ4v) is 4.75. The number of amides is 3. The molecule has 174 valence electrons. The number of piperidine rings is 1. The zero-order chi connectivity index (χ0) is 23.5. The third kappa shape index (κ3) is 4.69. The van der Waals surface area contributed by atoms with Gasteiger partial charge in [-0.1, -0.05) is 11.6 Å². The fourth-order valence-electron chi connectivity index (χ4n) is 4.62. The Balaban J connectivity index is 1.66. The van der Waals surface area contributed by atoms with Crippen LogP contribution >= 0.6 is 11.6 Å². The summed E-state index contributed by atoms with van der Waals surface area (Å²) in [5.74, 6) is -0.483. The van der Waals surface area contributed by atoms with E-state index in [2.05, 4.69) is 10.2 Å². The molecule has 0 aromatic heterocycles. The lowest BCUT2D eigenvalue weighted by molar-refractivity contribution is -0.123. The summed E-state index contributed by atoms with van der Waals surface area (Å²) >= 11 is 5.93. The predicted molar refractivity (Wildman–Crippen MR) is 131 cm³/mol. The quantitative estimate of drug-likeness (QED) is 0.690. The Morgan fingerprint density at radius 2 is 1.79 bits per heavy atom. The average Bonchev–Trinajstić information content (AvgIpc) is 2.83. The van der Waals surface area contributed by atoms with Gasteiger partial charge in [0.1, 0.15) is 12.6 Å². The molecule has 2 aromatic rings. The third-order valence-electron chi connectivity index (χ3n) is 6.36. The van der Waals surface area contributed by atoms with E-state index in [9.17, 15) is 14.4 Å². The van der Waals surface area contributed by atoms with E-state index in [1.807, 2.05) is 26.0 Å². The van der Waals surface area contributed by atoms with Crippen molar-refractivity contribution < 1.29 is 14.4 Å². The number of halogens is 1. The van der Waals surface area contributed by atoms with Gasteiger partial charge < -0.3 is 15.1 Å². The molecule has 1 N–H and O–H groups in total. The summed E-state index contributed by atoms with van der Waals surface area (Å²) in [7, 11) is 0. The molecule has 3 amide bonds. The van der Waals surface area contributed by atoms with Crippen LogP contribution in [0.25, 0.3) is 0 Å². The second kappa shape index (κ2) is 9.83. The SMILES string of the molecule is CCN(CC)C(=O)c1ccc2c(c1)N(CC(=O)Nc1ccc(Cl)cc1)C(=O)C1CCCCN21. The molecule has 33 heavy (non-hydrogen) atoms. The molecule has 2 aliphatic heterocycles. The lowest BCUT2D eigenvalue weighted by Gasteiger charge is -2.45. The molecule has 1 saturated heterocycles. The van der Waals surface area contributed by atoms with Crippen LogP contribution in [0.4, 0.5) is 17.1 Å². The summed E-state index contributed by atoms with van der Waals surface area (Å²) in [5, 5.41) is 3.41. The normalized spacial score (nSPS) is 17.3. The summed E-state index contributed by atoms with van der Waals surface area (Å²) in [4.78, 5) is 44.7. The highest BCUT2D eigenvalue weighted by Crippen LogP contribution is 2.40. The number of benzene rings is 2. The van der Waals surface area contributed by atoms with Gasteiger partial charge in [0.25, 0.3) is 5.91 Å². The average molecular weight is 469 g/mol. The van der Waals surface area contributed by atoms with Gasteiger partial charge in [-0.2, -0.15) is 0 Å². The van der Waals surface area contributed by atoms with E-state index in [0.717, 1.165) is 31.5 Å². The number of fused-ring (bicyclic) bond motifs is 3. The molecule has 0 spiro atoms. The zero-order valence-corrected chi connectivity index (χ0v) is 19.8. The van der Waals surface area contributed by atoms with E-state index in [0.29, 0.717) is 35.1 Å². The molecule has 0 aliphatic carbocycles. The number of carbonyl (C=O) groups excluding carboxylic acids is 3. The molecule has 2 aliphatic rings. The lowest BCUT2D eigenvalue weighted by Crippen LogP contribution is -2.56. The number of hydrogen-bond acceptors (Lipinski definition) is 4. The fraction of sp³-hybridized carbons (Fsp3) is 0.400. The largest absolute Gasteiger partial charge is 0.358 e. The highest BCUT2D eigenvalue weighted by Gasteiger charge is 2.40. The highest BCUT2D eigenvalue weighted by molar-refractivity contribution is 6.30. The van der Waals surface area contributed by atoms with Crippen LogP contribution < -0.4 is 15.1 Å². The minimum Gasteiger partial charge on any atom is -0.358 e. The van der Waals surface area contributed by atoms with Gasteiger partial charge in [0.05, 0.1) is 11.4 Å². The van der Waals surface area contributed by atoms with Crippen LogP contribution in [0.3, 0.4) is 0 Å². The van der Waals surface area contributed by atoms with Crippen molar-refractivity contribution in [3.8, 4) is 0 Å². The summed E-state index contributed by atoms with van der Waals surface area (Å²) in [6.45, 7) is 5.75. The van der Waals surface area contributed by atoms with Gasteiger partial charge in [-0.15, -0.1) is 0 Å². The molecule has 0 saturated carbocycles. The summed E-state index contributed by atoms with van der Waals surface area (Å²) in [6.07, 6.45) is 2.75. The van der Waals surface area contributed by atoms with Gasteiger partial charge in [0.15, 0.2) is 0 Å². The molecule has 1 atom stereocenters. The van der Waals surface area contributed by atoms with Crippen LogP contribution in [0.2, 0.25) is 5.02 Å². The smallest absolute Gasteiger partial charge is 0.253 e. The van der Waals surface area contributed by atoms with Crippen molar-refractivity contribution in [1.29, 1.82) is 0 Å². The molecule has 2 aromatic carbocycles. The van der Waals surface area contributed by atoms with Crippen molar-refractivity contribution >= 4 is 46.4 Å². The Labute approximate surface area is 199 Å². The van der Waals surface area contributed by atoms with E-state index < -0.39 is 0 Å². The van der Waals surface area contributed by atoms with Gasteiger partial charge in [-0.05, 0) is 75.6 Å². The molecule has 1 fully saturated rings. The van der Waals surface area contributed by atoms with Crippen molar-refractivity contribution in [2.75, 3.05) is 41.3 Å². The van der Waals surface area contributed by atoms with Gasteiger partial charge >= 0.3 is 0 Å². The lowest BCUT2D eigenvalue weighted by atomic mass is 9.95. The predicted octanol–water partition coefficient (Wildman–Crippen LogP) is 4.17. The molecular weight excluding hydrogens is 440 g/mol. The second-order valence-electron chi connectivity index (χ2n) is 8.37. The Kier molecular flexibility index (Phi) is 6.88. The summed E-state index contributed by atoms with van der Waals surface area (Å²) in [5.41, 5.74) is 2.64. The number of nitrogens with zero attached hydrogens (tertiary/aromatic N) is 3. The first-order chi connectivity index (χ1) is 15.9. The van der Waals surface area contributed by atoms with Crippen LogP contribution in [-0.4, -0.2) is 54.8 Å². The van der Waals surface area contributed by atoms with Crippen LogP contribution in [0.15, 0.2) is 42.5 Å². The standard InChI is InChI=1S/C25H29ClN4O3/c1-3-28(4-2)24(32)17-8-13-20-22(15-17)30(25(33)21-7-5-6-14-29(20)21)16-23(31)27-19-11-9-18(26)10-12-19/h8-13,15,21H,3-7,14,16H2,1-2H3,(H,27,31). The summed E-state index contributed by atoms with van der Waals surface area (Å²) < 4.78 is 0. The van der Waals surface area contributed by atoms with Crippen molar-refractivity contribution in [3.63, 3.8) is 0 Å². The van der Waals surface area contributed by atoms with Crippen LogP contribution in [0, 0.1) is 0 Å². The number of nitrogens with one attached hydrogen (secondary N) is 1. The molecule has 1 unspecified atom stereocenters. The topological polar surface area (TPSA) is 73.0 Å². The number of rotatable bonds is 6. The second-order valence-corrected chi connectivity index (χ2v) is 8.80. The molecule has 0 radical (unpaired) electrons. The van der Waals surface area contributed by atoms with Gasteiger partial charge in [-0.25, -0.2) is 0 Å². The first-order valence-corrected chi connectivity index (χ1v) is 11.9. The minimum atomic E-state index is -0.304. The third-order valence-corrected chi connectivity index (χ3v) is 6.61. The summed E-state index contributed by atoms with van der Waals surface area (Å²) in [6, 6.07) is 12.1. The maximum absolute atomic E-state index is 13.5. The Bertz CT molecular complexity index is 1050. The first-order valence-electron chi connectivity index (χ1n) is 11.5. The monoisotopic (exact) mass is 468 g/mol. The van der Waals surface area contributed by atoms with E-state index >= 15 is 0 Å². The Morgan fingerprint density at radius 3 is 2.48 bits per heavy atom. The maximum Gasteiger partial charge on any atom is 0.253 e. The number of anilines is 3. The van der Waals surface area contributed by atoms with E-state index in [4.69, 9.17) is 11.6 Å². The molecule has 7 nitrogen and oxygen atoms in total. The van der Waals surface area contributed by atoms with Gasteiger partial charge in [0.2, 0.25) is 11.8 Å². The minimum absolute atomic E-state index is 0.0819. The Morgan fingerprint density at radius 1 is 1.06 bits per heavy atom. The number of hydrogen-bond donors (Lipinski definition) is 1. The maximum atomic E-state index is 13.5. The van der Waals surface area contributed by atoms with Crippen molar-refractivity contribution in [2.45, 2.75) is 39.2 Å².